The van der Waals surface area contributed by atoms with Gasteiger partial charge in [-0.1, -0.05) is 19.3 Å². The van der Waals surface area contributed by atoms with Gasteiger partial charge in [-0.3, -0.25) is 4.98 Å². The van der Waals surface area contributed by atoms with E-state index in [0.717, 1.165) is 11.3 Å². The molecule has 1 aliphatic rings. The van der Waals surface area contributed by atoms with Crippen LogP contribution in [0.25, 0.3) is 0 Å². The number of nitrogens with one attached hydrogen (secondary N) is 1. The second-order valence-electron chi connectivity index (χ2n) is 4.22. The van der Waals surface area contributed by atoms with Gasteiger partial charge in [0.1, 0.15) is 0 Å². The van der Waals surface area contributed by atoms with Crippen LogP contribution < -0.4 is 11.1 Å². The van der Waals surface area contributed by atoms with Crippen LogP contribution in [0.2, 0.25) is 0 Å². The summed E-state index contributed by atoms with van der Waals surface area (Å²) in [6, 6.07) is 2.61. The van der Waals surface area contributed by atoms with Gasteiger partial charge in [0.2, 0.25) is 0 Å². The van der Waals surface area contributed by atoms with Crippen molar-refractivity contribution < 1.29 is 5.48 Å². The predicted molar refractivity (Wildman–Crippen MR) is 80.7 cm³/mol. The Labute approximate surface area is 121 Å². The van der Waals surface area contributed by atoms with E-state index in [4.69, 9.17) is 5.73 Å². The van der Waals surface area contributed by atoms with E-state index in [9.17, 15) is 0 Å². The molecule has 1 aliphatic carbocycles. The zero-order valence-electron chi connectivity index (χ0n) is 10.4. The van der Waals surface area contributed by atoms with Crippen LogP contribution in [0, 0.1) is 0 Å². The molecule has 4 nitrogen and oxygen atoms in total. The van der Waals surface area contributed by atoms with Gasteiger partial charge < -0.3 is 16.5 Å². The number of nitrogens with zero attached hydrogens (tertiary/aromatic N) is 1. The first-order valence-corrected chi connectivity index (χ1v) is 5.79. The molecule has 0 radical (unpaired) electrons. The van der Waals surface area contributed by atoms with Gasteiger partial charge in [0.15, 0.2) is 0 Å². The van der Waals surface area contributed by atoms with Gasteiger partial charge in [0.25, 0.3) is 0 Å². The fourth-order valence-electron chi connectivity index (χ4n) is 2.20. The minimum atomic E-state index is 0. The normalized spacial score (nSPS) is 14.7. The Morgan fingerprint density at radius 3 is 2.50 bits per heavy atom. The van der Waals surface area contributed by atoms with Crippen LogP contribution in [-0.4, -0.2) is 16.5 Å². The lowest BCUT2D eigenvalue weighted by molar-refractivity contribution is 0.462. The summed E-state index contributed by atoms with van der Waals surface area (Å²) in [6.07, 6.45) is 10.3. The van der Waals surface area contributed by atoms with Crippen molar-refractivity contribution in [1.82, 2.24) is 4.98 Å². The quantitative estimate of drug-likeness (QED) is 0.897. The van der Waals surface area contributed by atoms with Crippen molar-refractivity contribution in [1.29, 1.82) is 0 Å². The highest BCUT2D eigenvalue weighted by Crippen LogP contribution is 2.22. The van der Waals surface area contributed by atoms with Gasteiger partial charge in [-0.05, 0) is 24.5 Å². The van der Waals surface area contributed by atoms with Crippen molar-refractivity contribution in [2.75, 3.05) is 5.32 Å². The Bertz CT molecular complexity index is 320. The molecular weight excluding hydrogens is 273 g/mol. The predicted octanol–water partition coefficient (Wildman–Crippen LogP) is 2.30. The van der Waals surface area contributed by atoms with Crippen LogP contribution in [0.5, 0.6) is 0 Å². The smallest absolute Gasteiger partial charge is 0.0574 e. The summed E-state index contributed by atoms with van der Waals surface area (Å²) in [4.78, 5) is 4.14. The average molecular weight is 296 g/mol. The topological polar surface area (TPSA) is 82.4 Å². The van der Waals surface area contributed by atoms with Crippen LogP contribution in [0.3, 0.4) is 0 Å². The van der Waals surface area contributed by atoms with E-state index >= 15 is 0 Å². The van der Waals surface area contributed by atoms with E-state index in [1.165, 1.54) is 32.1 Å². The molecule has 1 saturated carbocycles. The van der Waals surface area contributed by atoms with E-state index in [-0.39, 0.29) is 30.3 Å². The van der Waals surface area contributed by atoms with Crippen LogP contribution in [0.15, 0.2) is 18.5 Å². The van der Waals surface area contributed by atoms with E-state index in [1.54, 1.807) is 6.20 Å². The minimum absolute atomic E-state index is 0. The summed E-state index contributed by atoms with van der Waals surface area (Å²) in [5.41, 5.74) is 7.97. The fourth-order valence-corrected chi connectivity index (χ4v) is 2.20. The maximum atomic E-state index is 5.69. The summed E-state index contributed by atoms with van der Waals surface area (Å²) in [5, 5.41) is 3.56. The van der Waals surface area contributed by atoms with Crippen LogP contribution in [-0.2, 0) is 6.54 Å². The number of halogens is 2. The Morgan fingerprint density at radius 1 is 1.22 bits per heavy atom. The van der Waals surface area contributed by atoms with Gasteiger partial charge in [-0.2, -0.15) is 0 Å². The number of hydrogen-bond acceptors (Lipinski definition) is 3. The Hall–Kier alpha value is -0.550. The zero-order valence-corrected chi connectivity index (χ0v) is 12.0. The molecule has 1 fully saturated rings. The van der Waals surface area contributed by atoms with E-state index in [1.807, 2.05) is 12.3 Å². The van der Waals surface area contributed by atoms with Crippen molar-refractivity contribution in [2.45, 2.75) is 44.7 Å². The molecule has 106 valence electrons. The Kier molecular flexibility index (Phi) is 11.4. The van der Waals surface area contributed by atoms with Gasteiger partial charge in [0, 0.05) is 18.8 Å². The molecule has 0 aromatic carbocycles. The number of aromatic nitrogens is 1. The third-order valence-electron chi connectivity index (χ3n) is 3.10. The maximum absolute atomic E-state index is 5.69. The summed E-state index contributed by atoms with van der Waals surface area (Å²) in [5.74, 6) is 0. The van der Waals surface area contributed by atoms with Crippen molar-refractivity contribution in [3.8, 4) is 0 Å². The van der Waals surface area contributed by atoms with Crippen molar-refractivity contribution >= 4 is 30.5 Å². The summed E-state index contributed by atoms with van der Waals surface area (Å²) in [6.45, 7) is 0.581. The second kappa shape index (κ2) is 10.4. The first-order valence-electron chi connectivity index (χ1n) is 5.79. The van der Waals surface area contributed by atoms with E-state index in [2.05, 4.69) is 10.3 Å². The van der Waals surface area contributed by atoms with Crippen LogP contribution in [0.1, 0.15) is 37.7 Å². The van der Waals surface area contributed by atoms with Gasteiger partial charge in [0.05, 0.1) is 11.9 Å². The highest BCUT2D eigenvalue weighted by Gasteiger charge is 2.13. The van der Waals surface area contributed by atoms with E-state index in [0.29, 0.717) is 12.6 Å². The first-order chi connectivity index (χ1) is 7.40. The average Bonchev–Trinajstić information content (AvgIpc) is 2.31. The lowest BCUT2D eigenvalue weighted by Crippen LogP contribution is -2.23. The van der Waals surface area contributed by atoms with Crippen molar-refractivity contribution in [3.05, 3.63) is 24.0 Å². The molecular formula is C12H23Cl2N3O. The summed E-state index contributed by atoms with van der Waals surface area (Å²) in [7, 11) is 0. The standard InChI is InChI=1S/C12H19N3.2ClH.H2O/c13-8-10-6-7-14-9-12(10)15-11-4-2-1-3-5-11;;;/h6-7,9,11,15H,1-5,8,13H2;2*1H;1H2. The Morgan fingerprint density at radius 2 is 1.89 bits per heavy atom. The zero-order chi connectivity index (χ0) is 10.5. The molecule has 6 heteroatoms. The highest BCUT2D eigenvalue weighted by atomic mass is 35.5. The molecule has 0 unspecified atom stereocenters. The third kappa shape index (κ3) is 5.40. The molecule has 0 amide bonds. The van der Waals surface area contributed by atoms with Crippen LogP contribution >= 0.6 is 24.8 Å². The molecule has 0 atom stereocenters. The molecule has 0 spiro atoms. The number of anilines is 1. The van der Waals surface area contributed by atoms with Crippen molar-refractivity contribution in [2.24, 2.45) is 5.73 Å². The SMILES string of the molecule is Cl.Cl.NCc1ccncc1NC1CCCCC1.O. The number of rotatable bonds is 3. The largest absolute Gasteiger partial charge is 0.412 e. The van der Waals surface area contributed by atoms with Gasteiger partial charge in [-0.15, -0.1) is 24.8 Å². The lowest BCUT2D eigenvalue weighted by Gasteiger charge is -2.24. The monoisotopic (exact) mass is 295 g/mol. The van der Waals surface area contributed by atoms with Gasteiger partial charge >= 0.3 is 0 Å². The molecule has 0 aliphatic heterocycles. The summed E-state index contributed by atoms with van der Waals surface area (Å²) >= 11 is 0. The van der Waals surface area contributed by atoms with Crippen molar-refractivity contribution in [3.63, 3.8) is 0 Å². The summed E-state index contributed by atoms with van der Waals surface area (Å²) < 4.78 is 0. The molecule has 1 aromatic heterocycles. The number of nitrogens with two attached hydrogens (primary N) is 1. The number of pyridine rings is 1. The molecule has 0 saturated heterocycles. The molecule has 1 heterocycles. The Balaban J connectivity index is 0. The van der Waals surface area contributed by atoms with E-state index < -0.39 is 0 Å². The number of hydrogen-bond donors (Lipinski definition) is 2. The minimum Gasteiger partial charge on any atom is -0.412 e. The third-order valence-corrected chi connectivity index (χ3v) is 3.10. The molecule has 5 N–H and O–H groups in total. The van der Waals surface area contributed by atoms with Gasteiger partial charge in [-0.25, -0.2) is 0 Å². The fraction of sp³-hybridized carbons (Fsp3) is 0.583. The first kappa shape index (κ1) is 19.8. The molecule has 18 heavy (non-hydrogen) atoms. The highest BCUT2D eigenvalue weighted by molar-refractivity contribution is 5.85. The van der Waals surface area contributed by atoms with Crippen LogP contribution in [0.4, 0.5) is 5.69 Å². The maximum Gasteiger partial charge on any atom is 0.0574 e. The molecule has 0 bridgehead atoms. The molecule has 2 rings (SSSR count). The second-order valence-corrected chi connectivity index (χ2v) is 4.22. The lowest BCUT2D eigenvalue weighted by atomic mass is 9.95. The molecule has 1 aromatic rings.